The zero-order valence-electron chi connectivity index (χ0n) is 64.4. The molecule has 0 atom stereocenters. The summed E-state index contributed by atoms with van der Waals surface area (Å²) in [6.07, 6.45) is 34.9. The topological polar surface area (TPSA) is 229 Å². The fourth-order valence-corrected chi connectivity index (χ4v) is 13.2. The molecule has 0 aliphatic carbocycles. The number of amides is 7. The molecule has 0 heterocycles. The van der Waals surface area contributed by atoms with E-state index in [1.807, 2.05) is 0 Å². The first-order valence-corrected chi connectivity index (χ1v) is 40.0. The van der Waals surface area contributed by atoms with Gasteiger partial charge in [0.2, 0.25) is 0 Å². The molecule has 5 aromatic rings. The molecule has 0 aromatic heterocycles. The van der Waals surface area contributed by atoms with Crippen LogP contribution in [-0.2, 0) is 0 Å². The predicted octanol–water partition coefficient (Wildman–Crippen LogP) is 22.0. The molecule has 7 amide bonds. The SMILES string of the molecule is CCCCCCCCN(CCCCCCCC)C(=O)c1cc(N)c(F)c(NC(=O)c2cccc(C(=O)Nc3cc(C(=O)N(CCCCCCCC)CCCCCCCC)cc(NC(=O)c4cccc(C(=O)Nc5cc(C(=O)N(CCCCCCCC)CCCCCCCC)cc(N)c5F)c4F)c3F)c2F)c1. The highest BCUT2D eigenvalue weighted by Crippen LogP contribution is 2.32. The fourth-order valence-electron chi connectivity index (χ4n) is 13.2. The van der Waals surface area contributed by atoms with E-state index in [0.29, 0.717) is 52.1 Å². The Morgan fingerprint density at radius 3 is 0.679 bits per heavy atom. The molecule has 0 unspecified atom stereocenters. The molecule has 8 N–H and O–H groups in total. The van der Waals surface area contributed by atoms with Gasteiger partial charge in [-0.2, -0.15) is 0 Å². The first-order valence-electron chi connectivity index (χ1n) is 40.0. The molecule has 0 bridgehead atoms. The number of benzene rings is 5. The molecule has 0 spiro atoms. The van der Waals surface area contributed by atoms with Crippen LogP contribution in [0.5, 0.6) is 0 Å². The monoisotopic (exact) mass is 1480 g/mol. The summed E-state index contributed by atoms with van der Waals surface area (Å²) in [6, 6.07) is 13.2. The van der Waals surface area contributed by atoms with E-state index in [4.69, 9.17) is 11.5 Å². The maximum atomic E-state index is 17.3. The summed E-state index contributed by atoms with van der Waals surface area (Å²) in [4.78, 5) is 105. The highest BCUT2D eigenvalue weighted by molar-refractivity contribution is 6.12. The van der Waals surface area contributed by atoms with Crippen LogP contribution >= 0.6 is 0 Å². The van der Waals surface area contributed by atoms with Crippen molar-refractivity contribution >= 4 is 75.5 Å². The number of nitrogens with one attached hydrogen (secondary N) is 4. The van der Waals surface area contributed by atoms with E-state index in [-0.39, 0.29) is 16.7 Å². The van der Waals surface area contributed by atoms with Gasteiger partial charge in [0.25, 0.3) is 41.4 Å². The Labute approximate surface area is 628 Å². The van der Waals surface area contributed by atoms with Crippen molar-refractivity contribution in [3.63, 3.8) is 0 Å². The third-order valence-corrected chi connectivity index (χ3v) is 19.5. The maximum absolute atomic E-state index is 17.3. The zero-order chi connectivity index (χ0) is 77.2. The van der Waals surface area contributed by atoms with Crippen LogP contribution in [0, 0.1) is 29.1 Å². The summed E-state index contributed by atoms with van der Waals surface area (Å²) in [5.74, 6) is -12.9. The molecular weight excluding hydrogens is 1350 g/mol. The van der Waals surface area contributed by atoms with Crippen molar-refractivity contribution < 1.29 is 55.5 Å². The smallest absolute Gasteiger partial charge is 0.258 e. The number of halogens is 5. The van der Waals surface area contributed by atoms with E-state index in [2.05, 4.69) is 62.8 Å². The van der Waals surface area contributed by atoms with Crippen molar-refractivity contribution in [2.24, 2.45) is 0 Å². The van der Waals surface area contributed by atoms with Gasteiger partial charge in [-0.15, -0.1) is 0 Å². The van der Waals surface area contributed by atoms with Crippen LogP contribution in [0.3, 0.4) is 0 Å². The molecule has 0 radical (unpaired) electrons. The lowest BCUT2D eigenvalue weighted by molar-refractivity contribution is 0.0741. The van der Waals surface area contributed by atoms with Crippen LogP contribution in [0.4, 0.5) is 56.1 Å². The van der Waals surface area contributed by atoms with Crippen LogP contribution in [0.15, 0.2) is 72.8 Å². The largest absolute Gasteiger partial charge is 0.396 e. The number of nitrogens with zero attached hydrogens (tertiary/aromatic N) is 3. The summed E-state index contributed by atoms with van der Waals surface area (Å²) >= 11 is 0. The summed E-state index contributed by atoms with van der Waals surface area (Å²) in [5, 5.41) is 9.30. The number of carbonyl (C=O) groups excluding carboxylic acids is 7. The molecule has 106 heavy (non-hydrogen) atoms. The van der Waals surface area contributed by atoms with Crippen LogP contribution in [0.1, 0.15) is 345 Å². The highest BCUT2D eigenvalue weighted by Gasteiger charge is 2.29. The van der Waals surface area contributed by atoms with Crippen LogP contribution < -0.4 is 32.7 Å². The van der Waals surface area contributed by atoms with Crippen LogP contribution in [0.25, 0.3) is 0 Å². The number of nitrogen functional groups attached to an aromatic ring is 2. The molecule has 0 aliphatic rings. The quantitative estimate of drug-likeness (QED) is 0.0123. The van der Waals surface area contributed by atoms with E-state index in [1.54, 1.807) is 14.7 Å². The molecule has 16 nitrogen and oxygen atoms in total. The zero-order valence-corrected chi connectivity index (χ0v) is 64.4. The Hall–Kier alpha value is -8.36. The van der Waals surface area contributed by atoms with Gasteiger partial charge in [0, 0.05) is 56.0 Å². The van der Waals surface area contributed by atoms with Crippen molar-refractivity contribution in [3.05, 3.63) is 141 Å². The van der Waals surface area contributed by atoms with E-state index >= 15 is 22.0 Å². The third-order valence-electron chi connectivity index (χ3n) is 19.5. The normalized spacial score (nSPS) is 11.2. The van der Waals surface area contributed by atoms with E-state index in [9.17, 15) is 33.6 Å². The number of carbonyl (C=O) groups is 7. The van der Waals surface area contributed by atoms with Gasteiger partial charge in [-0.25, -0.2) is 22.0 Å². The molecule has 0 aliphatic heterocycles. The Morgan fingerprint density at radius 1 is 0.274 bits per heavy atom. The Morgan fingerprint density at radius 2 is 0.462 bits per heavy atom. The first kappa shape index (κ1) is 88.3. The van der Waals surface area contributed by atoms with Crippen LogP contribution in [0.2, 0.25) is 0 Å². The molecule has 0 fully saturated rings. The summed E-state index contributed by atoms with van der Waals surface area (Å²) < 4.78 is 83.0. The molecule has 21 heteroatoms. The predicted molar refractivity (Wildman–Crippen MR) is 421 cm³/mol. The lowest BCUT2D eigenvalue weighted by Crippen LogP contribution is -2.33. The van der Waals surface area contributed by atoms with Gasteiger partial charge in [-0.05, 0) is 99.2 Å². The van der Waals surface area contributed by atoms with E-state index < -0.39 is 127 Å². The van der Waals surface area contributed by atoms with E-state index in [1.165, 1.54) is 24.3 Å². The standard InChI is InChI=1S/C85H122F5N9O7/c1-7-13-19-25-31-37-49-97(50-38-32-26-20-14-8-2)83(104)61-55-68(91)76(88)70(57-61)93-79(100)64-45-43-47-66(74(64)86)81(102)95-72-59-63(85(106)99(53-41-35-29-23-17-11-5)54-42-36-30-24-18-12-6)60-73(78(72)90)96-82(103)67-48-44-46-65(75(67)87)80(101)94-71-58-62(56-69(92)77(71)89)84(105)98(51-39-33-27-21-15-9-3)52-40-34-28-22-16-10-4/h43-48,55-60H,7-42,49-54,91-92H2,1-6H3,(H,93,100)(H,94,101)(H,95,102)(H,96,103). The number of nitrogens with two attached hydrogens (primary N) is 2. The van der Waals surface area contributed by atoms with Crippen molar-refractivity contribution in [1.82, 2.24) is 14.7 Å². The highest BCUT2D eigenvalue weighted by atomic mass is 19.1. The first-order chi connectivity index (χ1) is 51.2. The van der Waals surface area contributed by atoms with Gasteiger partial charge in [0.15, 0.2) is 17.5 Å². The number of anilines is 6. The third kappa shape index (κ3) is 29.1. The lowest BCUT2D eigenvalue weighted by atomic mass is 10.1. The Balaban J connectivity index is 1.48. The minimum absolute atomic E-state index is 0.00304. The summed E-state index contributed by atoms with van der Waals surface area (Å²) in [6.45, 7) is 15.2. The van der Waals surface area contributed by atoms with Gasteiger partial charge < -0.3 is 47.4 Å². The second kappa shape index (κ2) is 49.5. The van der Waals surface area contributed by atoms with Crippen molar-refractivity contribution in [2.45, 2.75) is 273 Å². The Kier molecular flexibility index (Phi) is 41.2. The second-order valence-corrected chi connectivity index (χ2v) is 28.4. The van der Waals surface area contributed by atoms with Crippen molar-refractivity contribution in [3.8, 4) is 0 Å². The van der Waals surface area contributed by atoms with Gasteiger partial charge in [0.05, 0.1) is 56.4 Å². The molecule has 0 saturated heterocycles. The average molecular weight is 1480 g/mol. The van der Waals surface area contributed by atoms with Crippen molar-refractivity contribution in [1.29, 1.82) is 0 Å². The molecule has 5 aromatic carbocycles. The van der Waals surface area contributed by atoms with Gasteiger partial charge in [-0.1, -0.05) is 246 Å². The summed E-state index contributed by atoms with van der Waals surface area (Å²) in [5.41, 5.74) is 5.58. The van der Waals surface area contributed by atoms with Gasteiger partial charge in [0.1, 0.15) is 11.6 Å². The van der Waals surface area contributed by atoms with Gasteiger partial charge in [-0.3, -0.25) is 33.6 Å². The van der Waals surface area contributed by atoms with Crippen molar-refractivity contribution in [2.75, 3.05) is 72.0 Å². The molecule has 584 valence electrons. The van der Waals surface area contributed by atoms with Crippen LogP contribution in [-0.4, -0.2) is 95.3 Å². The van der Waals surface area contributed by atoms with Gasteiger partial charge >= 0.3 is 0 Å². The molecule has 0 saturated carbocycles. The number of rotatable bonds is 53. The number of unbranched alkanes of at least 4 members (excludes halogenated alkanes) is 30. The maximum Gasteiger partial charge on any atom is 0.258 e. The lowest BCUT2D eigenvalue weighted by Gasteiger charge is -2.24. The fraction of sp³-hybridized carbons (Fsp3) is 0.565. The molecule has 5 rings (SSSR count). The average Bonchev–Trinajstić information content (AvgIpc) is 0.803. The Bertz CT molecular complexity index is 3340. The minimum Gasteiger partial charge on any atom is -0.396 e. The second-order valence-electron chi connectivity index (χ2n) is 28.4. The minimum atomic E-state index is -1.41. The number of hydrogen-bond donors (Lipinski definition) is 6. The number of hydrogen-bond acceptors (Lipinski definition) is 9. The molecular formula is C85H122F5N9O7. The summed E-state index contributed by atoms with van der Waals surface area (Å²) in [7, 11) is 0. The van der Waals surface area contributed by atoms with E-state index in [0.717, 1.165) is 267 Å².